The van der Waals surface area contributed by atoms with Gasteiger partial charge in [0.25, 0.3) is 0 Å². The summed E-state index contributed by atoms with van der Waals surface area (Å²) in [6.45, 7) is 0.753. The van der Waals surface area contributed by atoms with Crippen molar-refractivity contribution in [2.75, 3.05) is 6.54 Å². The minimum atomic E-state index is -1.19. The van der Waals surface area contributed by atoms with E-state index >= 15 is 0 Å². The molecule has 0 aromatic carbocycles. The van der Waals surface area contributed by atoms with Crippen molar-refractivity contribution in [1.29, 1.82) is 0 Å². The molecule has 2 N–H and O–H groups in total. The monoisotopic (exact) mass is 208 g/mol. The van der Waals surface area contributed by atoms with Crippen LogP contribution in [0.3, 0.4) is 0 Å². The van der Waals surface area contributed by atoms with Crippen LogP contribution in [0.25, 0.3) is 0 Å². The Morgan fingerprint density at radius 1 is 1.36 bits per heavy atom. The molecular weight excluding hydrogens is 202 g/mol. The summed E-state index contributed by atoms with van der Waals surface area (Å²) in [6, 6.07) is 0. The molecule has 0 aliphatic heterocycles. The second-order valence-electron chi connectivity index (χ2n) is 1.60. The van der Waals surface area contributed by atoms with Crippen LogP contribution >= 0.6 is 0 Å². The fraction of sp³-hybridized carbons (Fsp3) is 0.400. The predicted molar refractivity (Wildman–Crippen MR) is 33.2 cm³/mol. The van der Waals surface area contributed by atoms with Crippen molar-refractivity contribution in [3.8, 4) is 0 Å². The molecule has 6 heteroatoms. The number of hydrogen-bond donors (Lipinski definition) is 2. The van der Waals surface area contributed by atoms with E-state index in [2.05, 4.69) is 4.99 Å². The molecule has 0 heterocycles. The Labute approximate surface area is 73.6 Å². The first kappa shape index (κ1) is 12.8. The number of carboxylic acid groups (broad SMARTS) is 2. The SMILES string of the molecule is CC(=NCC(=O)O)C(=O)O.[Cu]. The zero-order chi connectivity index (χ0) is 8.15. The van der Waals surface area contributed by atoms with Crippen molar-refractivity contribution in [3.05, 3.63) is 0 Å². The largest absolute Gasteiger partial charge is 0.480 e. The van der Waals surface area contributed by atoms with E-state index in [1.165, 1.54) is 6.92 Å². The minimum absolute atomic E-state index is 0. The van der Waals surface area contributed by atoms with Gasteiger partial charge < -0.3 is 10.2 Å². The van der Waals surface area contributed by atoms with Crippen molar-refractivity contribution < 1.29 is 36.9 Å². The van der Waals surface area contributed by atoms with Crippen LogP contribution in [0.2, 0.25) is 0 Å². The molecule has 1 radical (unpaired) electrons. The van der Waals surface area contributed by atoms with E-state index in [1.54, 1.807) is 0 Å². The van der Waals surface area contributed by atoms with E-state index < -0.39 is 18.5 Å². The summed E-state index contributed by atoms with van der Waals surface area (Å²) in [6.07, 6.45) is 0. The number of carbonyl (C=O) groups is 2. The van der Waals surface area contributed by atoms with Crippen molar-refractivity contribution in [2.24, 2.45) is 4.99 Å². The summed E-state index contributed by atoms with van der Waals surface area (Å²) < 4.78 is 0. The molecular formula is C5H7CuNO4. The molecule has 0 saturated carbocycles. The van der Waals surface area contributed by atoms with E-state index in [4.69, 9.17) is 10.2 Å². The van der Waals surface area contributed by atoms with Gasteiger partial charge in [0.1, 0.15) is 12.3 Å². The molecule has 0 aliphatic carbocycles. The van der Waals surface area contributed by atoms with Gasteiger partial charge in [0.2, 0.25) is 0 Å². The Morgan fingerprint density at radius 2 is 1.82 bits per heavy atom. The van der Waals surface area contributed by atoms with Crippen molar-refractivity contribution in [2.45, 2.75) is 6.92 Å². The molecule has 0 rings (SSSR count). The van der Waals surface area contributed by atoms with Crippen LogP contribution < -0.4 is 0 Å². The van der Waals surface area contributed by atoms with Gasteiger partial charge in [-0.3, -0.25) is 9.79 Å². The molecule has 0 aliphatic rings. The van der Waals surface area contributed by atoms with Gasteiger partial charge in [0, 0.05) is 17.1 Å². The average molecular weight is 209 g/mol. The molecule has 0 aromatic heterocycles. The fourth-order valence-corrected chi connectivity index (χ4v) is 0.254. The summed E-state index contributed by atoms with van der Waals surface area (Å²) in [5.41, 5.74) is -0.192. The Balaban J connectivity index is 0. The van der Waals surface area contributed by atoms with Crippen LogP contribution in [0.1, 0.15) is 6.92 Å². The molecule has 0 unspecified atom stereocenters. The summed E-state index contributed by atoms with van der Waals surface area (Å²) in [5, 5.41) is 16.2. The average Bonchev–Trinajstić information content (AvgIpc) is 1.82. The van der Waals surface area contributed by atoms with Crippen LogP contribution in [-0.2, 0) is 26.7 Å². The fourth-order valence-electron chi connectivity index (χ4n) is 0.254. The number of carboxylic acids is 2. The van der Waals surface area contributed by atoms with Crippen molar-refractivity contribution in [3.63, 3.8) is 0 Å². The van der Waals surface area contributed by atoms with Crippen LogP contribution in [-0.4, -0.2) is 34.4 Å². The molecule has 0 saturated heterocycles. The third kappa shape index (κ3) is 7.02. The maximum atomic E-state index is 9.99. The molecule has 11 heavy (non-hydrogen) atoms. The molecule has 67 valence electrons. The molecule has 0 amide bonds. The topological polar surface area (TPSA) is 87.0 Å². The molecule has 0 fully saturated rings. The predicted octanol–water partition coefficient (Wildman–Crippen LogP) is -0.386. The van der Waals surface area contributed by atoms with Gasteiger partial charge in [-0.1, -0.05) is 0 Å². The van der Waals surface area contributed by atoms with Gasteiger partial charge in [-0.25, -0.2) is 4.79 Å². The second-order valence-corrected chi connectivity index (χ2v) is 1.60. The van der Waals surface area contributed by atoms with Gasteiger partial charge >= 0.3 is 11.9 Å². The Morgan fingerprint density at radius 3 is 2.09 bits per heavy atom. The first-order chi connectivity index (χ1) is 4.54. The molecule has 5 nitrogen and oxygen atoms in total. The maximum Gasteiger partial charge on any atom is 0.349 e. The summed E-state index contributed by atoms with van der Waals surface area (Å²) in [5.74, 6) is -2.33. The maximum absolute atomic E-state index is 9.99. The standard InChI is InChI=1S/C5H7NO4.Cu/c1-3(5(9)10)6-2-4(7)8;/h2H2,1H3,(H,7,8)(H,9,10);. The third-order valence-corrected chi connectivity index (χ3v) is 0.761. The zero-order valence-electron chi connectivity index (χ0n) is 5.67. The first-order valence-corrected chi connectivity index (χ1v) is 2.50. The summed E-state index contributed by atoms with van der Waals surface area (Å²) >= 11 is 0. The molecule has 0 atom stereocenters. The number of aliphatic carboxylic acids is 2. The minimum Gasteiger partial charge on any atom is -0.480 e. The molecule has 0 spiro atoms. The van der Waals surface area contributed by atoms with E-state index in [9.17, 15) is 9.59 Å². The van der Waals surface area contributed by atoms with Crippen LogP contribution in [0, 0.1) is 0 Å². The van der Waals surface area contributed by atoms with Crippen LogP contribution in [0.15, 0.2) is 4.99 Å². The van der Waals surface area contributed by atoms with Gasteiger partial charge in [-0.15, -0.1) is 0 Å². The summed E-state index contributed by atoms with van der Waals surface area (Å²) in [7, 11) is 0. The Bertz CT molecular complexity index is 189. The normalized spacial score (nSPS) is 10.1. The first-order valence-electron chi connectivity index (χ1n) is 2.50. The van der Waals surface area contributed by atoms with E-state index in [1.807, 2.05) is 0 Å². The Hall–Kier alpha value is -0.871. The van der Waals surface area contributed by atoms with Crippen LogP contribution in [0.4, 0.5) is 0 Å². The molecule has 0 aromatic rings. The van der Waals surface area contributed by atoms with Crippen molar-refractivity contribution in [1.82, 2.24) is 0 Å². The van der Waals surface area contributed by atoms with Gasteiger partial charge in [0.05, 0.1) is 0 Å². The van der Waals surface area contributed by atoms with Crippen LogP contribution in [0.5, 0.6) is 0 Å². The van der Waals surface area contributed by atoms with Gasteiger partial charge in [-0.2, -0.15) is 0 Å². The number of aliphatic imine (C=N–C) groups is 1. The third-order valence-electron chi connectivity index (χ3n) is 0.761. The van der Waals surface area contributed by atoms with E-state index in [-0.39, 0.29) is 22.8 Å². The quantitative estimate of drug-likeness (QED) is 0.489. The number of nitrogens with zero attached hydrogens (tertiary/aromatic N) is 1. The van der Waals surface area contributed by atoms with Gasteiger partial charge in [0.15, 0.2) is 0 Å². The van der Waals surface area contributed by atoms with Crippen molar-refractivity contribution >= 4 is 17.7 Å². The number of rotatable bonds is 3. The summed E-state index contributed by atoms with van der Waals surface area (Å²) in [4.78, 5) is 23.1. The Kier molecular flexibility index (Phi) is 6.83. The van der Waals surface area contributed by atoms with E-state index in [0.717, 1.165) is 0 Å². The van der Waals surface area contributed by atoms with Gasteiger partial charge in [-0.05, 0) is 6.92 Å². The second kappa shape index (κ2) is 5.88. The van der Waals surface area contributed by atoms with E-state index in [0.29, 0.717) is 0 Å². The zero-order valence-corrected chi connectivity index (χ0v) is 6.61. The smallest absolute Gasteiger partial charge is 0.349 e. The molecule has 0 bridgehead atoms. The number of hydrogen-bond acceptors (Lipinski definition) is 3.